The van der Waals surface area contributed by atoms with Crippen LogP contribution >= 0.6 is 0 Å². The molecule has 0 fully saturated rings. The molecule has 0 aliphatic rings. The van der Waals surface area contributed by atoms with Crippen LogP contribution in [0.5, 0.6) is 5.75 Å². The molecule has 0 heterocycles. The Bertz CT molecular complexity index is 1340. The maximum absolute atomic E-state index is 13.5. The van der Waals surface area contributed by atoms with Crippen LogP contribution in [0.4, 0.5) is 0 Å². The Hall–Kier alpha value is -4.69. The monoisotopic (exact) mass is 612 g/mol. The Morgan fingerprint density at radius 2 is 1.53 bits per heavy atom. The van der Waals surface area contributed by atoms with Gasteiger partial charge in [0.15, 0.2) is 0 Å². The average Bonchev–Trinajstić information content (AvgIpc) is 3.06. The fourth-order valence-corrected chi connectivity index (χ4v) is 4.74. The maximum atomic E-state index is 13.5. The van der Waals surface area contributed by atoms with Gasteiger partial charge < -0.3 is 24.8 Å². The number of carbonyl (C=O) groups excluding carboxylic acids is 3. The molecule has 3 rings (SSSR count). The number of hydrogen-bond acceptors (Lipinski definition) is 6. The molecule has 238 valence electrons. The lowest BCUT2D eigenvalue weighted by atomic mass is 9.98. The number of esters is 1. The number of nitrogens with zero attached hydrogens (tertiary/aromatic N) is 1. The summed E-state index contributed by atoms with van der Waals surface area (Å²) < 4.78 is 11.4. The lowest BCUT2D eigenvalue weighted by Gasteiger charge is -2.26. The Kier molecular flexibility index (Phi) is 15.1. The first kappa shape index (κ1) is 34.8. The van der Waals surface area contributed by atoms with Crippen molar-refractivity contribution < 1.29 is 29.0 Å². The van der Waals surface area contributed by atoms with Gasteiger partial charge in [0.05, 0.1) is 18.6 Å². The number of carbonyl (C=O) groups is 3. The van der Waals surface area contributed by atoms with Gasteiger partial charge in [-0.3, -0.25) is 14.4 Å². The van der Waals surface area contributed by atoms with E-state index in [1.165, 1.54) is 0 Å². The zero-order valence-electron chi connectivity index (χ0n) is 25.8. The van der Waals surface area contributed by atoms with Gasteiger partial charge in [-0.15, -0.1) is 13.2 Å². The fourth-order valence-electron chi connectivity index (χ4n) is 4.74. The van der Waals surface area contributed by atoms with Crippen LogP contribution in [0.25, 0.3) is 0 Å². The van der Waals surface area contributed by atoms with Crippen molar-refractivity contribution in [2.24, 2.45) is 5.92 Å². The summed E-state index contributed by atoms with van der Waals surface area (Å²) in [5, 5.41) is 12.6. The third-order valence-electron chi connectivity index (χ3n) is 7.18. The highest BCUT2D eigenvalue weighted by atomic mass is 16.5. The molecule has 45 heavy (non-hydrogen) atoms. The molecule has 0 radical (unpaired) electrons. The zero-order chi connectivity index (χ0) is 32.3. The third-order valence-corrected chi connectivity index (χ3v) is 7.18. The summed E-state index contributed by atoms with van der Waals surface area (Å²) in [5.74, 6) is -0.918. The summed E-state index contributed by atoms with van der Waals surface area (Å²) in [5.41, 5.74) is 2.91. The van der Waals surface area contributed by atoms with E-state index in [4.69, 9.17) is 9.47 Å². The van der Waals surface area contributed by atoms with Crippen LogP contribution in [0.15, 0.2) is 110 Å². The normalized spacial score (nSPS) is 11.9. The average molecular weight is 613 g/mol. The predicted octanol–water partition coefficient (Wildman–Crippen LogP) is 5.41. The molecule has 0 aliphatic heterocycles. The van der Waals surface area contributed by atoms with Crippen molar-refractivity contribution in [1.82, 2.24) is 10.2 Å². The second-order valence-electron chi connectivity index (χ2n) is 10.8. The molecule has 3 aromatic rings. The molecular formula is C37H44N2O6. The fraction of sp³-hybridized carbons (Fsp3) is 0.324. The largest absolute Gasteiger partial charge is 0.489 e. The van der Waals surface area contributed by atoms with E-state index in [1.807, 2.05) is 84.9 Å². The molecule has 0 spiro atoms. The summed E-state index contributed by atoms with van der Waals surface area (Å²) in [6, 6.07) is 26.4. The quantitative estimate of drug-likeness (QED) is 0.131. The molecule has 0 saturated carbocycles. The lowest BCUT2D eigenvalue weighted by Crippen LogP contribution is -2.44. The van der Waals surface area contributed by atoms with Crippen LogP contribution in [-0.2, 0) is 38.7 Å². The number of ether oxygens (including phenoxy) is 2. The van der Waals surface area contributed by atoms with Crippen LogP contribution in [0.1, 0.15) is 42.4 Å². The van der Waals surface area contributed by atoms with E-state index >= 15 is 0 Å². The van der Waals surface area contributed by atoms with Crippen molar-refractivity contribution in [3.05, 3.63) is 127 Å². The minimum Gasteiger partial charge on any atom is -0.489 e. The number of aliphatic hydroxyl groups is 1. The highest BCUT2D eigenvalue weighted by Crippen LogP contribution is 2.18. The van der Waals surface area contributed by atoms with E-state index in [1.54, 1.807) is 17.1 Å². The molecule has 0 bridgehead atoms. The number of nitrogens with one attached hydrogen (secondary N) is 1. The van der Waals surface area contributed by atoms with Crippen LogP contribution in [-0.4, -0.2) is 53.6 Å². The van der Waals surface area contributed by atoms with E-state index in [0.717, 1.165) is 16.7 Å². The van der Waals surface area contributed by atoms with E-state index < -0.39 is 12.0 Å². The predicted molar refractivity (Wildman–Crippen MR) is 175 cm³/mol. The molecule has 8 heteroatoms. The zero-order valence-corrected chi connectivity index (χ0v) is 25.8. The number of benzene rings is 3. The number of amides is 2. The van der Waals surface area contributed by atoms with Gasteiger partial charge in [0.2, 0.25) is 11.8 Å². The Morgan fingerprint density at radius 1 is 0.867 bits per heavy atom. The van der Waals surface area contributed by atoms with Crippen LogP contribution < -0.4 is 10.1 Å². The summed E-state index contributed by atoms with van der Waals surface area (Å²) >= 11 is 0. The molecule has 0 aromatic heterocycles. The number of rotatable bonds is 20. The van der Waals surface area contributed by atoms with Gasteiger partial charge in [0.1, 0.15) is 19.0 Å². The smallest absolute Gasteiger partial charge is 0.306 e. The minimum absolute atomic E-state index is 0.0205. The van der Waals surface area contributed by atoms with Crippen molar-refractivity contribution in [3.63, 3.8) is 0 Å². The van der Waals surface area contributed by atoms with E-state index in [9.17, 15) is 19.5 Å². The molecule has 0 unspecified atom stereocenters. The SMILES string of the molecule is C=CCCC(=O)OC[C@H](Cc1ccc(OCc2ccccc2)cc1)NC(=O)[C@H](CC=C)CC(=O)N(CCO)Cc1ccccc1. The number of allylic oxidation sites excluding steroid dienone is 2. The second kappa shape index (κ2) is 19.6. The van der Waals surface area contributed by atoms with Crippen molar-refractivity contribution in [1.29, 1.82) is 0 Å². The molecule has 2 atom stereocenters. The molecule has 2 N–H and O–H groups in total. The molecule has 0 saturated heterocycles. The van der Waals surface area contributed by atoms with E-state index in [-0.39, 0.29) is 56.8 Å². The van der Waals surface area contributed by atoms with Gasteiger partial charge in [0.25, 0.3) is 0 Å². The standard InChI is InChI=1S/C37H44N2O6/c1-3-5-17-36(42)45-28-33(24-29-18-20-34(21-19-29)44-27-31-15-10-7-11-16-31)38-37(43)32(12-4-2)25-35(41)39(22-23-40)26-30-13-8-6-9-14-30/h3-4,6-11,13-16,18-21,32-33,40H,1-2,5,12,17,22-28H2,(H,38,43)/t32-,33+/m1/s1. The van der Waals surface area contributed by atoms with Crippen LogP contribution in [0.3, 0.4) is 0 Å². The number of hydrogen-bond donors (Lipinski definition) is 2. The summed E-state index contributed by atoms with van der Waals surface area (Å²) in [6.07, 6.45) is 4.60. The Morgan fingerprint density at radius 3 is 2.16 bits per heavy atom. The Labute approximate surface area is 266 Å². The number of aliphatic hydroxyl groups excluding tert-OH is 1. The van der Waals surface area contributed by atoms with E-state index in [2.05, 4.69) is 18.5 Å². The topological polar surface area (TPSA) is 105 Å². The third kappa shape index (κ3) is 12.8. The van der Waals surface area contributed by atoms with Crippen LogP contribution in [0, 0.1) is 5.92 Å². The summed E-state index contributed by atoms with van der Waals surface area (Å²) in [7, 11) is 0. The first-order valence-electron chi connectivity index (χ1n) is 15.3. The van der Waals surface area contributed by atoms with Gasteiger partial charge >= 0.3 is 5.97 Å². The van der Waals surface area contributed by atoms with Crippen molar-refractivity contribution >= 4 is 17.8 Å². The molecule has 0 aliphatic carbocycles. The van der Waals surface area contributed by atoms with Gasteiger partial charge in [0, 0.05) is 25.9 Å². The van der Waals surface area contributed by atoms with Crippen LogP contribution in [0.2, 0.25) is 0 Å². The molecule has 2 amide bonds. The molecular weight excluding hydrogens is 568 g/mol. The van der Waals surface area contributed by atoms with Gasteiger partial charge in [-0.1, -0.05) is 84.9 Å². The second-order valence-corrected chi connectivity index (χ2v) is 10.8. The van der Waals surface area contributed by atoms with Gasteiger partial charge in [-0.2, -0.15) is 0 Å². The first-order valence-corrected chi connectivity index (χ1v) is 15.3. The molecule has 8 nitrogen and oxygen atoms in total. The van der Waals surface area contributed by atoms with Crippen molar-refractivity contribution in [2.75, 3.05) is 19.8 Å². The summed E-state index contributed by atoms with van der Waals surface area (Å²) in [4.78, 5) is 40.7. The van der Waals surface area contributed by atoms with Gasteiger partial charge in [-0.25, -0.2) is 0 Å². The van der Waals surface area contributed by atoms with Crippen molar-refractivity contribution in [3.8, 4) is 5.75 Å². The van der Waals surface area contributed by atoms with Gasteiger partial charge in [-0.05, 0) is 48.1 Å². The highest BCUT2D eigenvalue weighted by molar-refractivity contribution is 5.86. The molecule has 3 aromatic carbocycles. The van der Waals surface area contributed by atoms with E-state index in [0.29, 0.717) is 31.7 Å². The van der Waals surface area contributed by atoms with Crippen molar-refractivity contribution in [2.45, 2.75) is 51.3 Å². The maximum Gasteiger partial charge on any atom is 0.306 e. The first-order chi connectivity index (χ1) is 21.9. The lowest BCUT2D eigenvalue weighted by molar-refractivity contribution is -0.145. The summed E-state index contributed by atoms with van der Waals surface area (Å²) in [6.45, 7) is 8.15. The highest BCUT2D eigenvalue weighted by Gasteiger charge is 2.26. The Balaban J connectivity index is 1.67. The minimum atomic E-state index is -0.681.